The molecule has 1 saturated heterocycles. The van der Waals surface area contributed by atoms with E-state index in [1.807, 2.05) is 0 Å². The monoisotopic (exact) mass is 266 g/mol. The minimum Gasteiger partial charge on any atom is -0.467 e. The van der Waals surface area contributed by atoms with Crippen LogP contribution in [0.25, 0.3) is 0 Å². The van der Waals surface area contributed by atoms with E-state index in [0.717, 1.165) is 6.42 Å². The maximum atomic E-state index is 11.8. The first-order valence-corrected chi connectivity index (χ1v) is 6.39. The Labute approximate surface area is 111 Å². The summed E-state index contributed by atoms with van der Waals surface area (Å²) in [5.74, 6) is 0.201. The summed E-state index contributed by atoms with van der Waals surface area (Å²) in [4.78, 5) is 23.5. The van der Waals surface area contributed by atoms with E-state index in [0.29, 0.717) is 25.3 Å². The highest BCUT2D eigenvalue weighted by atomic mass is 16.5. The number of ether oxygens (including phenoxy) is 1. The standard InChI is InChI=1S/C13H18N2O4/c1-9(15-13(17)11-5-3-7-19-11)12(16)14-8-10-4-2-6-18-10/h2,4,6,9,11H,3,5,7-8H2,1H3,(H,14,16)(H,15,17)/t9-,11?/m0/s1. The third-order valence-corrected chi connectivity index (χ3v) is 2.99. The van der Waals surface area contributed by atoms with Gasteiger partial charge in [-0.25, -0.2) is 0 Å². The fraction of sp³-hybridized carbons (Fsp3) is 0.538. The molecule has 0 bridgehead atoms. The summed E-state index contributed by atoms with van der Waals surface area (Å²) in [5, 5.41) is 5.34. The van der Waals surface area contributed by atoms with Crippen LogP contribution < -0.4 is 10.6 Å². The van der Waals surface area contributed by atoms with E-state index in [1.165, 1.54) is 0 Å². The lowest BCUT2D eigenvalue weighted by Gasteiger charge is -2.16. The van der Waals surface area contributed by atoms with Crippen LogP contribution in [0.3, 0.4) is 0 Å². The lowest BCUT2D eigenvalue weighted by Crippen LogP contribution is -2.47. The molecule has 0 saturated carbocycles. The van der Waals surface area contributed by atoms with Crippen molar-refractivity contribution in [2.45, 2.75) is 38.5 Å². The molecule has 2 atom stereocenters. The van der Waals surface area contributed by atoms with Crippen molar-refractivity contribution in [2.75, 3.05) is 6.61 Å². The molecule has 0 aromatic carbocycles. The van der Waals surface area contributed by atoms with Gasteiger partial charge in [-0.1, -0.05) is 0 Å². The van der Waals surface area contributed by atoms with Crippen LogP contribution in [0.5, 0.6) is 0 Å². The summed E-state index contributed by atoms with van der Waals surface area (Å²) in [7, 11) is 0. The van der Waals surface area contributed by atoms with Gasteiger partial charge < -0.3 is 19.8 Å². The van der Waals surface area contributed by atoms with Crippen molar-refractivity contribution in [3.8, 4) is 0 Å². The predicted molar refractivity (Wildman–Crippen MR) is 67.1 cm³/mol. The second kappa shape index (κ2) is 6.38. The van der Waals surface area contributed by atoms with Gasteiger partial charge >= 0.3 is 0 Å². The van der Waals surface area contributed by atoms with Crippen molar-refractivity contribution in [1.29, 1.82) is 0 Å². The normalized spacial score (nSPS) is 19.9. The second-order valence-corrected chi connectivity index (χ2v) is 4.53. The first-order chi connectivity index (χ1) is 9.16. The molecule has 6 nitrogen and oxygen atoms in total. The summed E-state index contributed by atoms with van der Waals surface area (Å²) in [6.07, 6.45) is 2.73. The van der Waals surface area contributed by atoms with E-state index in [9.17, 15) is 9.59 Å². The van der Waals surface area contributed by atoms with Gasteiger partial charge in [0, 0.05) is 6.61 Å². The molecule has 2 heterocycles. The Bertz CT molecular complexity index is 424. The van der Waals surface area contributed by atoms with Gasteiger partial charge in [0.15, 0.2) is 0 Å². The highest BCUT2D eigenvalue weighted by molar-refractivity contribution is 5.89. The molecule has 2 amide bonds. The summed E-state index contributed by atoms with van der Waals surface area (Å²) in [6.45, 7) is 2.56. The molecule has 1 unspecified atom stereocenters. The number of furan rings is 1. The topological polar surface area (TPSA) is 80.6 Å². The molecule has 0 spiro atoms. The smallest absolute Gasteiger partial charge is 0.249 e. The van der Waals surface area contributed by atoms with Crippen LogP contribution in [0.1, 0.15) is 25.5 Å². The Hall–Kier alpha value is -1.82. The van der Waals surface area contributed by atoms with Gasteiger partial charge in [-0.2, -0.15) is 0 Å². The number of rotatable bonds is 5. The lowest BCUT2D eigenvalue weighted by molar-refractivity contribution is -0.134. The quantitative estimate of drug-likeness (QED) is 0.817. The molecule has 19 heavy (non-hydrogen) atoms. The number of carbonyl (C=O) groups excluding carboxylic acids is 2. The van der Waals surface area contributed by atoms with E-state index < -0.39 is 12.1 Å². The minimum atomic E-state index is -0.591. The van der Waals surface area contributed by atoms with Crippen LogP contribution in [0, 0.1) is 0 Å². The van der Waals surface area contributed by atoms with Gasteiger partial charge in [-0.05, 0) is 31.9 Å². The van der Waals surface area contributed by atoms with Gasteiger partial charge in [0.1, 0.15) is 17.9 Å². The van der Waals surface area contributed by atoms with Crippen LogP contribution >= 0.6 is 0 Å². The van der Waals surface area contributed by atoms with E-state index in [-0.39, 0.29) is 11.8 Å². The number of hydrogen-bond acceptors (Lipinski definition) is 4. The third kappa shape index (κ3) is 3.82. The number of nitrogens with one attached hydrogen (secondary N) is 2. The van der Waals surface area contributed by atoms with Crippen molar-refractivity contribution in [1.82, 2.24) is 10.6 Å². The van der Waals surface area contributed by atoms with Crippen LogP contribution in [0.2, 0.25) is 0 Å². The molecule has 2 N–H and O–H groups in total. The molecule has 1 aromatic heterocycles. The summed E-state index contributed by atoms with van der Waals surface area (Å²) >= 11 is 0. The highest BCUT2D eigenvalue weighted by Crippen LogP contribution is 2.11. The van der Waals surface area contributed by atoms with E-state index in [1.54, 1.807) is 25.3 Å². The van der Waals surface area contributed by atoms with Gasteiger partial charge in [0.25, 0.3) is 0 Å². The summed E-state index contributed by atoms with van der Waals surface area (Å²) < 4.78 is 10.4. The molecule has 1 fully saturated rings. The molecule has 1 aliphatic rings. The first-order valence-electron chi connectivity index (χ1n) is 6.39. The molecule has 1 aromatic rings. The highest BCUT2D eigenvalue weighted by Gasteiger charge is 2.26. The fourth-order valence-corrected chi connectivity index (χ4v) is 1.90. The van der Waals surface area contributed by atoms with Crippen LogP contribution in [0.4, 0.5) is 0 Å². The van der Waals surface area contributed by atoms with Crippen molar-refractivity contribution in [2.24, 2.45) is 0 Å². The number of amides is 2. The fourth-order valence-electron chi connectivity index (χ4n) is 1.90. The molecule has 1 aliphatic heterocycles. The van der Waals surface area contributed by atoms with E-state index in [4.69, 9.17) is 9.15 Å². The van der Waals surface area contributed by atoms with Gasteiger partial charge in [-0.15, -0.1) is 0 Å². The molecule has 6 heteroatoms. The van der Waals surface area contributed by atoms with Crippen LogP contribution in [0.15, 0.2) is 22.8 Å². The van der Waals surface area contributed by atoms with Crippen molar-refractivity contribution in [3.05, 3.63) is 24.2 Å². The number of hydrogen-bond donors (Lipinski definition) is 2. The third-order valence-electron chi connectivity index (χ3n) is 2.99. The van der Waals surface area contributed by atoms with E-state index in [2.05, 4.69) is 10.6 Å². The Morgan fingerprint density at radius 3 is 3.00 bits per heavy atom. The van der Waals surface area contributed by atoms with Gasteiger partial charge in [-0.3, -0.25) is 9.59 Å². The van der Waals surface area contributed by atoms with Crippen molar-refractivity contribution in [3.63, 3.8) is 0 Å². The first kappa shape index (κ1) is 13.6. The molecule has 0 aliphatic carbocycles. The maximum Gasteiger partial charge on any atom is 0.249 e. The zero-order valence-electron chi connectivity index (χ0n) is 10.8. The lowest BCUT2D eigenvalue weighted by atomic mass is 10.2. The maximum absolute atomic E-state index is 11.8. The molecular formula is C13H18N2O4. The zero-order valence-corrected chi connectivity index (χ0v) is 10.8. The van der Waals surface area contributed by atoms with Crippen molar-refractivity contribution < 1.29 is 18.7 Å². The largest absolute Gasteiger partial charge is 0.467 e. The zero-order chi connectivity index (χ0) is 13.7. The summed E-state index contributed by atoms with van der Waals surface area (Å²) in [5.41, 5.74) is 0. The average Bonchev–Trinajstić information content (AvgIpc) is 3.08. The Kier molecular flexibility index (Phi) is 4.57. The molecule has 2 rings (SSSR count). The molecular weight excluding hydrogens is 248 g/mol. The SMILES string of the molecule is C[C@H](NC(=O)C1CCCO1)C(=O)NCc1ccco1. The van der Waals surface area contributed by atoms with E-state index >= 15 is 0 Å². The molecule has 0 radical (unpaired) electrons. The van der Waals surface area contributed by atoms with Gasteiger partial charge in [0.2, 0.25) is 11.8 Å². The average molecular weight is 266 g/mol. The predicted octanol–water partition coefficient (Wildman–Crippen LogP) is 0.579. The molecule has 104 valence electrons. The van der Waals surface area contributed by atoms with Gasteiger partial charge in [0.05, 0.1) is 12.8 Å². The summed E-state index contributed by atoms with van der Waals surface area (Å²) in [6, 6.07) is 2.94. The Morgan fingerprint density at radius 2 is 2.37 bits per heavy atom. The van der Waals surface area contributed by atoms with Crippen LogP contribution in [-0.2, 0) is 20.9 Å². The Morgan fingerprint density at radius 1 is 1.53 bits per heavy atom. The minimum absolute atomic E-state index is 0.224. The number of carbonyl (C=O) groups is 2. The Balaban J connectivity index is 1.73. The van der Waals surface area contributed by atoms with Crippen LogP contribution in [-0.4, -0.2) is 30.6 Å². The second-order valence-electron chi connectivity index (χ2n) is 4.53. The van der Waals surface area contributed by atoms with Crippen molar-refractivity contribution >= 4 is 11.8 Å².